The predicted molar refractivity (Wildman–Crippen MR) is 96.1 cm³/mol. The molecule has 2 aliphatic heterocycles. The first-order valence-corrected chi connectivity index (χ1v) is 9.51. The molecule has 2 saturated heterocycles. The van der Waals surface area contributed by atoms with E-state index < -0.39 is 0 Å². The second-order valence-corrected chi connectivity index (χ2v) is 7.55. The van der Waals surface area contributed by atoms with Crippen LogP contribution >= 0.6 is 11.3 Å². The van der Waals surface area contributed by atoms with Crippen molar-refractivity contribution in [3.05, 3.63) is 28.5 Å². The van der Waals surface area contributed by atoms with Crippen molar-refractivity contribution in [2.45, 2.75) is 12.8 Å². The molecule has 3 heterocycles. The van der Waals surface area contributed by atoms with Gasteiger partial charge in [-0.05, 0) is 30.4 Å². The topological polar surface area (TPSA) is 50.8 Å². The number of rotatable bonds is 6. The number of ether oxygens (including phenoxy) is 2. The van der Waals surface area contributed by atoms with Gasteiger partial charge in [-0.25, -0.2) is 0 Å². The molecular formula is C18H26N2O3S. The second kappa shape index (κ2) is 8.76. The summed E-state index contributed by atoms with van der Waals surface area (Å²) in [5.74, 6) is -0.0174. The first kappa shape index (κ1) is 17.6. The summed E-state index contributed by atoms with van der Waals surface area (Å²) in [6, 6.07) is 3.99. The lowest BCUT2D eigenvalue weighted by atomic mass is 9.79. The Balaban J connectivity index is 1.54. The van der Waals surface area contributed by atoms with Gasteiger partial charge in [0.15, 0.2) is 0 Å². The van der Waals surface area contributed by atoms with Crippen molar-refractivity contribution in [1.29, 1.82) is 0 Å². The van der Waals surface area contributed by atoms with E-state index >= 15 is 0 Å². The molecule has 0 aromatic carbocycles. The maximum absolute atomic E-state index is 12.2. The van der Waals surface area contributed by atoms with Gasteiger partial charge in [0.1, 0.15) is 0 Å². The van der Waals surface area contributed by atoms with E-state index in [9.17, 15) is 4.79 Å². The number of nitrogens with zero attached hydrogens (tertiary/aromatic N) is 1. The fourth-order valence-corrected chi connectivity index (χ4v) is 3.92. The van der Waals surface area contributed by atoms with Crippen LogP contribution in [0.4, 0.5) is 0 Å². The highest BCUT2D eigenvalue weighted by Gasteiger charge is 2.35. The lowest BCUT2D eigenvalue weighted by Crippen LogP contribution is -2.50. The Labute approximate surface area is 147 Å². The Morgan fingerprint density at radius 2 is 2.00 bits per heavy atom. The largest absolute Gasteiger partial charge is 0.381 e. The van der Waals surface area contributed by atoms with Crippen LogP contribution in [0, 0.1) is 5.41 Å². The van der Waals surface area contributed by atoms with Gasteiger partial charge in [0.05, 0.1) is 13.2 Å². The molecule has 0 atom stereocenters. The molecule has 0 radical (unpaired) electrons. The normalized spacial score (nSPS) is 21.8. The number of hydrogen-bond acceptors (Lipinski definition) is 5. The van der Waals surface area contributed by atoms with Crippen LogP contribution in [-0.4, -0.2) is 63.4 Å². The summed E-state index contributed by atoms with van der Waals surface area (Å²) in [7, 11) is 0. The minimum absolute atomic E-state index is 0.0174. The fraction of sp³-hybridized carbons (Fsp3) is 0.611. The molecule has 5 nitrogen and oxygen atoms in total. The van der Waals surface area contributed by atoms with E-state index in [0.717, 1.165) is 63.8 Å². The van der Waals surface area contributed by atoms with Crippen molar-refractivity contribution in [3.8, 4) is 0 Å². The lowest BCUT2D eigenvalue weighted by Gasteiger charge is -2.42. The molecule has 6 heteroatoms. The van der Waals surface area contributed by atoms with Crippen LogP contribution in [0.3, 0.4) is 0 Å². The molecule has 1 N–H and O–H groups in total. The maximum Gasteiger partial charge on any atom is 0.244 e. The van der Waals surface area contributed by atoms with Gasteiger partial charge in [-0.2, -0.15) is 0 Å². The Morgan fingerprint density at radius 1 is 1.25 bits per heavy atom. The summed E-state index contributed by atoms with van der Waals surface area (Å²) in [6.45, 7) is 6.86. The summed E-state index contributed by atoms with van der Waals surface area (Å²) < 4.78 is 11.0. The van der Waals surface area contributed by atoms with Gasteiger partial charge in [0.25, 0.3) is 0 Å². The molecule has 1 amide bonds. The molecule has 2 aliphatic rings. The molecule has 0 spiro atoms. The van der Waals surface area contributed by atoms with E-state index in [2.05, 4.69) is 10.2 Å². The van der Waals surface area contributed by atoms with Gasteiger partial charge >= 0.3 is 0 Å². The highest BCUT2D eigenvalue weighted by atomic mass is 32.1. The number of carbonyl (C=O) groups is 1. The number of nitrogens with one attached hydrogen (secondary N) is 1. The maximum atomic E-state index is 12.2. The quantitative estimate of drug-likeness (QED) is 0.798. The SMILES string of the molecule is O=C(/C=C/c1cccs1)NCC1(CN2CCOCC2)CCOCC1. The monoisotopic (exact) mass is 350 g/mol. The van der Waals surface area contributed by atoms with E-state index in [1.807, 2.05) is 23.6 Å². The van der Waals surface area contributed by atoms with Crippen LogP contribution < -0.4 is 5.32 Å². The number of amides is 1. The zero-order valence-electron chi connectivity index (χ0n) is 14.0. The molecule has 132 valence electrons. The van der Waals surface area contributed by atoms with Crippen LogP contribution in [0.25, 0.3) is 6.08 Å². The molecule has 1 aromatic rings. The fourth-order valence-electron chi connectivity index (χ4n) is 3.31. The Bertz CT molecular complexity index is 532. The smallest absolute Gasteiger partial charge is 0.244 e. The molecule has 0 aliphatic carbocycles. The van der Waals surface area contributed by atoms with Gasteiger partial charge in [-0.1, -0.05) is 6.07 Å². The molecular weight excluding hydrogens is 324 g/mol. The van der Waals surface area contributed by atoms with Crippen molar-refractivity contribution in [2.24, 2.45) is 5.41 Å². The van der Waals surface area contributed by atoms with Crippen LogP contribution in [0.5, 0.6) is 0 Å². The third kappa shape index (κ3) is 5.14. The molecule has 0 unspecified atom stereocenters. The van der Waals surface area contributed by atoms with Crippen LogP contribution in [0.15, 0.2) is 23.6 Å². The number of thiophene rings is 1. The first-order chi connectivity index (χ1) is 11.8. The molecule has 3 rings (SSSR count). The average molecular weight is 350 g/mol. The van der Waals surface area contributed by atoms with Crippen molar-refractivity contribution in [2.75, 3.05) is 52.6 Å². The molecule has 1 aromatic heterocycles. The summed E-state index contributed by atoms with van der Waals surface area (Å²) in [5.41, 5.74) is 0.113. The van der Waals surface area contributed by atoms with Gasteiger partial charge in [-0.3, -0.25) is 9.69 Å². The van der Waals surface area contributed by atoms with E-state index in [1.54, 1.807) is 17.4 Å². The second-order valence-electron chi connectivity index (χ2n) is 6.57. The minimum Gasteiger partial charge on any atom is -0.381 e. The van der Waals surface area contributed by atoms with Crippen molar-refractivity contribution in [1.82, 2.24) is 10.2 Å². The van der Waals surface area contributed by atoms with Crippen molar-refractivity contribution >= 4 is 23.3 Å². The summed E-state index contributed by atoms with van der Waals surface area (Å²) in [6.07, 6.45) is 5.50. The lowest BCUT2D eigenvalue weighted by molar-refractivity contribution is -0.117. The molecule has 24 heavy (non-hydrogen) atoms. The highest BCUT2D eigenvalue weighted by molar-refractivity contribution is 7.10. The minimum atomic E-state index is -0.0174. The average Bonchev–Trinajstić information content (AvgIpc) is 3.14. The van der Waals surface area contributed by atoms with Gasteiger partial charge in [0.2, 0.25) is 5.91 Å². The van der Waals surface area contributed by atoms with E-state index in [0.29, 0.717) is 6.54 Å². The van der Waals surface area contributed by atoms with E-state index in [-0.39, 0.29) is 11.3 Å². The predicted octanol–water partition coefficient (Wildman–Crippen LogP) is 2.01. The van der Waals surface area contributed by atoms with Crippen LogP contribution in [0.1, 0.15) is 17.7 Å². The number of carbonyl (C=O) groups excluding carboxylic acids is 1. The van der Waals surface area contributed by atoms with Crippen LogP contribution in [0.2, 0.25) is 0 Å². The first-order valence-electron chi connectivity index (χ1n) is 8.63. The molecule has 0 saturated carbocycles. The zero-order chi connectivity index (χ0) is 16.7. The third-order valence-corrected chi connectivity index (χ3v) is 5.63. The highest BCUT2D eigenvalue weighted by Crippen LogP contribution is 2.31. The Kier molecular flexibility index (Phi) is 6.43. The standard InChI is InChI=1S/C18H26N2O3S/c21-17(4-3-16-2-1-13-24-16)19-14-18(5-9-22-10-6-18)15-20-7-11-23-12-8-20/h1-4,13H,5-12,14-15H2,(H,19,21)/b4-3+. The van der Waals surface area contributed by atoms with Gasteiger partial charge in [-0.15, -0.1) is 11.3 Å². The summed E-state index contributed by atoms with van der Waals surface area (Å²) in [4.78, 5) is 15.7. The number of hydrogen-bond donors (Lipinski definition) is 1. The van der Waals surface area contributed by atoms with E-state index in [4.69, 9.17) is 9.47 Å². The Morgan fingerprint density at radius 3 is 2.71 bits per heavy atom. The molecule has 2 fully saturated rings. The van der Waals surface area contributed by atoms with Gasteiger partial charge in [0, 0.05) is 55.8 Å². The van der Waals surface area contributed by atoms with E-state index in [1.165, 1.54) is 0 Å². The van der Waals surface area contributed by atoms with Gasteiger partial charge < -0.3 is 14.8 Å². The third-order valence-electron chi connectivity index (χ3n) is 4.80. The van der Waals surface area contributed by atoms with Crippen molar-refractivity contribution in [3.63, 3.8) is 0 Å². The molecule has 0 bridgehead atoms. The summed E-state index contributed by atoms with van der Waals surface area (Å²) >= 11 is 1.63. The van der Waals surface area contributed by atoms with Crippen molar-refractivity contribution < 1.29 is 14.3 Å². The zero-order valence-corrected chi connectivity index (χ0v) is 14.9. The Hall–Kier alpha value is -1.21. The van der Waals surface area contributed by atoms with Crippen LogP contribution in [-0.2, 0) is 14.3 Å². The number of morpholine rings is 1. The summed E-state index contributed by atoms with van der Waals surface area (Å²) in [5, 5.41) is 5.12.